The molecular weight excluding hydrogens is 266 g/mol. The molecule has 2 aromatic carbocycles. The summed E-state index contributed by atoms with van der Waals surface area (Å²) in [5, 5.41) is 2.01. The van der Waals surface area contributed by atoms with Crippen LogP contribution in [0.25, 0.3) is 23.1 Å². The fourth-order valence-corrected chi connectivity index (χ4v) is 2.51. The summed E-state index contributed by atoms with van der Waals surface area (Å²) in [4.78, 5) is 0. The number of pyridine rings is 1. The van der Waals surface area contributed by atoms with Gasteiger partial charge in [-0.25, -0.2) is 0 Å². The van der Waals surface area contributed by atoms with Crippen LogP contribution < -0.4 is 4.57 Å². The molecule has 0 spiro atoms. The molecule has 0 N–H and O–H groups in total. The lowest BCUT2D eigenvalue weighted by Crippen LogP contribution is -2.32. The zero-order valence-electron chi connectivity index (χ0n) is 11.3. The van der Waals surface area contributed by atoms with Crippen molar-refractivity contribution in [3.63, 3.8) is 0 Å². The number of benzene rings is 2. The lowest BCUT2D eigenvalue weighted by atomic mass is 10.1. The molecule has 0 fully saturated rings. The number of hydrogen-bond acceptors (Lipinski definition) is 0. The van der Waals surface area contributed by atoms with Crippen molar-refractivity contribution >= 4 is 34.7 Å². The Labute approximate surface area is 123 Å². The van der Waals surface area contributed by atoms with Gasteiger partial charge < -0.3 is 0 Å². The standard InChI is InChI=1S/C18H15ClN/c1-20-16(12-10-14-6-2-4-8-17(14)19)13-11-15-7-3-5-9-18(15)20/h2-13H,1H3/q+1/b12-10-. The molecule has 0 bridgehead atoms. The van der Waals surface area contributed by atoms with E-state index < -0.39 is 0 Å². The summed E-state index contributed by atoms with van der Waals surface area (Å²) in [7, 11) is 2.08. The van der Waals surface area contributed by atoms with E-state index in [0.717, 1.165) is 16.3 Å². The van der Waals surface area contributed by atoms with Gasteiger partial charge in [-0.2, -0.15) is 4.57 Å². The van der Waals surface area contributed by atoms with Gasteiger partial charge in [0.25, 0.3) is 0 Å². The number of fused-ring (bicyclic) bond motifs is 1. The number of hydrogen-bond donors (Lipinski definition) is 0. The highest BCUT2D eigenvalue weighted by Gasteiger charge is 2.08. The van der Waals surface area contributed by atoms with Crippen LogP contribution in [0, 0.1) is 0 Å². The summed E-state index contributed by atoms with van der Waals surface area (Å²) in [5.41, 5.74) is 3.39. The van der Waals surface area contributed by atoms with Gasteiger partial charge in [-0.3, -0.25) is 0 Å². The van der Waals surface area contributed by atoms with Gasteiger partial charge in [-0.05, 0) is 29.8 Å². The van der Waals surface area contributed by atoms with E-state index in [-0.39, 0.29) is 0 Å². The molecule has 0 saturated heterocycles. The molecule has 0 unspecified atom stereocenters. The van der Waals surface area contributed by atoms with Crippen molar-refractivity contribution in [3.8, 4) is 0 Å². The third-order valence-corrected chi connectivity index (χ3v) is 3.80. The van der Waals surface area contributed by atoms with Gasteiger partial charge in [0.15, 0.2) is 0 Å². The van der Waals surface area contributed by atoms with Crippen LogP contribution in [0.5, 0.6) is 0 Å². The van der Waals surface area contributed by atoms with Gasteiger partial charge in [-0.1, -0.05) is 41.9 Å². The maximum atomic E-state index is 6.17. The van der Waals surface area contributed by atoms with Gasteiger partial charge in [-0.15, -0.1) is 0 Å². The van der Waals surface area contributed by atoms with E-state index in [1.54, 1.807) is 0 Å². The van der Waals surface area contributed by atoms with Crippen molar-refractivity contribution < 1.29 is 4.57 Å². The van der Waals surface area contributed by atoms with E-state index in [1.807, 2.05) is 30.3 Å². The first-order valence-corrected chi connectivity index (χ1v) is 6.94. The second-order valence-corrected chi connectivity index (χ2v) is 5.14. The number of aromatic nitrogens is 1. The summed E-state index contributed by atoms with van der Waals surface area (Å²) in [6.07, 6.45) is 4.14. The predicted octanol–water partition coefficient (Wildman–Crippen LogP) is 4.49. The van der Waals surface area contributed by atoms with Crippen LogP contribution in [-0.4, -0.2) is 0 Å². The van der Waals surface area contributed by atoms with E-state index in [1.165, 1.54) is 10.9 Å². The summed E-state index contributed by atoms with van der Waals surface area (Å²) in [5.74, 6) is 0. The molecule has 0 saturated carbocycles. The first-order chi connectivity index (χ1) is 9.75. The highest BCUT2D eigenvalue weighted by atomic mass is 35.5. The van der Waals surface area contributed by atoms with Crippen LogP contribution in [0.2, 0.25) is 5.02 Å². The van der Waals surface area contributed by atoms with Crippen LogP contribution in [0.3, 0.4) is 0 Å². The lowest BCUT2D eigenvalue weighted by Gasteiger charge is -2.00. The molecule has 1 heterocycles. The first-order valence-electron chi connectivity index (χ1n) is 6.56. The molecule has 98 valence electrons. The molecule has 20 heavy (non-hydrogen) atoms. The first kappa shape index (κ1) is 12.9. The second-order valence-electron chi connectivity index (χ2n) is 4.73. The molecule has 0 aliphatic heterocycles. The Morgan fingerprint density at radius 2 is 1.60 bits per heavy atom. The second kappa shape index (κ2) is 5.48. The number of rotatable bonds is 2. The van der Waals surface area contributed by atoms with E-state index in [4.69, 9.17) is 11.6 Å². The molecule has 0 aliphatic rings. The Kier molecular flexibility index (Phi) is 3.53. The predicted molar refractivity (Wildman–Crippen MR) is 85.5 cm³/mol. The number of nitrogens with zero attached hydrogens (tertiary/aromatic N) is 1. The maximum Gasteiger partial charge on any atom is 0.212 e. The molecular formula is C18H15ClN+. The van der Waals surface area contributed by atoms with Crippen LogP contribution in [0.15, 0.2) is 60.7 Å². The van der Waals surface area contributed by atoms with Crippen LogP contribution in [-0.2, 0) is 7.05 Å². The highest BCUT2D eigenvalue weighted by molar-refractivity contribution is 6.32. The average Bonchev–Trinajstić information content (AvgIpc) is 2.48. The largest absolute Gasteiger partial charge is 0.212 e. The molecule has 3 aromatic rings. The molecule has 0 aliphatic carbocycles. The van der Waals surface area contributed by atoms with Gasteiger partial charge in [0.1, 0.15) is 7.05 Å². The van der Waals surface area contributed by atoms with Crippen molar-refractivity contribution in [2.24, 2.45) is 7.05 Å². The topological polar surface area (TPSA) is 3.88 Å². The zero-order valence-corrected chi connectivity index (χ0v) is 12.0. The van der Waals surface area contributed by atoms with Crippen LogP contribution >= 0.6 is 11.6 Å². The maximum absolute atomic E-state index is 6.17. The van der Waals surface area contributed by atoms with Crippen molar-refractivity contribution in [2.45, 2.75) is 0 Å². The van der Waals surface area contributed by atoms with Gasteiger partial charge in [0.05, 0.1) is 0 Å². The van der Waals surface area contributed by atoms with Crippen LogP contribution in [0.4, 0.5) is 0 Å². The van der Waals surface area contributed by atoms with Gasteiger partial charge >= 0.3 is 0 Å². The Morgan fingerprint density at radius 1 is 0.850 bits per heavy atom. The smallest absolute Gasteiger partial charge is 0.195 e. The Balaban J connectivity index is 2.03. The number of para-hydroxylation sites is 1. The highest BCUT2D eigenvalue weighted by Crippen LogP contribution is 2.18. The Morgan fingerprint density at radius 3 is 2.45 bits per heavy atom. The minimum absolute atomic E-state index is 0.771. The van der Waals surface area contributed by atoms with Crippen molar-refractivity contribution in [2.75, 3.05) is 0 Å². The SMILES string of the molecule is C[n+]1c(/C=C\c2ccccc2Cl)ccc2ccccc21. The lowest BCUT2D eigenvalue weighted by molar-refractivity contribution is -0.646. The molecule has 0 radical (unpaired) electrons. The normalized spacial score (nSPS) is 11.3. The summed E-state index contributed by atoms with van der Waals surface area (Å²) >= 11 is 6.17. The minimum atomic E-state index is 0.771. The molecule has 1 aromatic heterocycles. The van der Waals surface area contributed by atoms with Crippen molar-refractivity contribution in [1.29, 1.82) is 0 Å². The Hall–Kier alpha value is -2.12. The quantitative estimate of drug-likeness (QED) is 0.609. The summed E-state index contributed by atoms with van der Waals surface area (Å²) < 4.78 is 2.18. The third kappa shape index (κ3) is 2.45. The van der Waals surface area contributed by atoms with E-state index >= 15 is 0 Å². The van der Waals surface area contributed by atoms with E-state index in [9.17, 15) is 0 Å². The zero-order chi connectivity index (χ0) is 13.9. The molecule has 1 nitrogen and oxygen atoms in total. The van der Waals surface area contributed by atoms with E-state index in [0.29, 0.717) is 0 Å². The van der Waals surface area contributed by atoms with Gasteiger partial charge in [0, 0.05) is 28.6 Å². The minimum Gasteiger partial charge on any atom is -0.195 e. The molecule has 3 rings (SSSR count). The van der Waals surface area contributed by atoms with Crippen molar-refractivity contribution in [3.05, 3.63) is 76.9 Å². The summed E-state index contributed by atoms with van der Waals surface area (Å²) in [6.45, 7) is 0. The fraction of sp³-hybridized carbons (Fsp3) is 0.0556. The number of aryl methyl sites for hydroxylation is 1. The van der Waals surface area contributed by atoms with Gasteiger partial charge in [0.2, 0.25) is 11.2 Å². The number of halogens is 1. The average molecular weight is 281 g/mol. The molecule has 2 heteroatoms. The van der Waals surface area contributed by atoms with Crippen molar-refractivity contribution in [1.82, 2.24) is 0 Å². The van der Waals surface area contributed by atoms with Crippen LogP contribution in [0.1, 0.15) is 11.3 Å². The van der Waals surface area contributed by atoms with E-state index in [2.05, 4.69) is 54.1 Å². The fourth-order valence-electron chi connectivity index (χ4n) is 2.31. The molecule has 0 atom stereocenters. The monoisotopic (exact) mass is 280 g/mol. The Bertz CT molecular complexity index is 790. The third-order valence-electron chi connectivity index (χ3n) is 3.46. The molecule has 0 amide bonds. The summed E-state index contributed by atoms with van der Waals surface area (Å²) in [6, 6.07) is 20.5.